The van der Waals surface area contributed by atoms with Crippen LogP contribution >= 0.6 is 0 Å². The van der Waals surface area contributed by atoms with Gasteiger partial charge in [0, 0.05) is 22.4 Å². The summed E-state index contributed by atoms with van der Waals surface area (Å²) in [5.41, 5.74) is 0.814. The fraction of sp³-hybridized carbons (Fsp3) is 0.111. The van der Waals surface area contributed by atoms with Gasteiger partial charge in [-0.2, -0.15) is 13.5 Å². The van der Waals surface area contributed by atoms with E-state index in [1.807, 2.05) is 0 Å². The van der Waals surface area contributed by atoms with Gasteiger partial charge in [0.25, 0.3) is 15.8 Å². The number of phenolic OH excluding ortho intramolecular Hbond substituents is 1. The summed E-state index contributed by atoms with van der Waals surface area (Å²) in [6.07, 6.45) is 0.427. The van der Waals surface area contributed by atoms with Crippen molar-refractivity contribution in [3.05, 3.63) is 64.2 Å². The van der Waals surface area contributed by atoms with Gasteiger partial charge in [-0.25, -0.2) is 0 Å². The van der Waals surface area contributed by atoms with E-state index in [0.29, 0.717) is 17.7 Å². The van der Waals surface area contributed by atoms with Gasteiger partial charge in [0.2, 0.25) is 0 Å². The summed E-state index contributed by atoms with van der Waals surface area (Å²) in [5, 5.41) is 29.6. The Labute approximate surface area is 159 Å². The highest BCUT2D eigenvalue weighted by molar-refractivity contribution is 7.86. The molecule has 0 saturated heterocycles. The number of hydrogen-bond donors (Lipinski definition) is 2. The van der Waals surface area contributed by atoms with Crippen molar-refractivity contribution in [1.29, 1.82) is 0 Å². The highest BCUT2D eigenvalue weighted by Gasteiger charge is 2.17. The lowest BCUT2D eigenvalue weighted by Gasteiger charge is -2.07. The van der Waals surface area contributed by atoms with E-state index >= 15 is 0 Å². The molecule has 3 rings (SSSR count). The van der Waals surface area contributed by atoms with Crippen LogP contribution in [0, 0.1) is 10.1 Å². The topological polar surface area (TPSA) is 142 Å². The first-order valence-corrected chi connectivity index (χ1v) is 9.57. The van der Waals surface area contributed by atoms with Crippen molar-refractivity contribution in [2.24, 2.45) is 10.2 Å². The number of rotatable bonds is 5. The smallest absolute Gasteiger partial charge is 0.295 e. The quantitative estimate of drug-likeness (QED) is 0.275. The van der Waals surface area contributed by atoms with Crippen molar-refractivity contribution in [3.63, 3.8) is 0 Å². The Morgan fingerprint density at radius 3 is 2.46 bits per heavy atom. The average molecular weight is 401 g/mol. The lowest BCUT2D eigenvalue weighted by molar-refractivity contribution is -0.385. The van der Waals surface area contributed by atoms with Crippen molar-refractivity contribution in [3.8, 4) is 5.75 Å². The Morgan fingerprint density at radius 2 is 1.82 bits per heavy atom. The Balaban J connectivity index is 2.12. The second kappa shape index (κ2) is 7.33. The van der Waals surface area contributed by atoms with Gasteiger partial charge in [0.1, 0.15) is 16.3 Å². The number of benzene rings is 3. The van der Waals surface area contributed by atoms with Gasteiger partial charge in [-0.3, -0.25) is 14.7 Å². The molecule has 0 unspecified atom stereocenters. The number of hydrogen-bond acceptors (Lipinski definition) is 7. The second-order valence-corrected chi connectivity index (χ2v) is 7.27. The first kappa shape index (κ1) is 19.4. The molecule has 0 saturated carbocycles. The molecule has 0 spiro atoms. The van der Waals surface area contributed by atoms with Crippen LogP contribution in [0.25, 0.3) is 10.8 Å². The van der Waals surface area contributed by atoms with Gasteiger partial charge in [-0.15, -0.1) is 5.11 Å². The Kier molecular flexibility index (Phi) is 5.08. The zero-order valence-electron chi connectivity index (χ0n) is 14.6. The van der Waals surface area contributed by atoms with Crippen molar-refractivity contribution in [1.82, 2.24) is 0 Å². The standard InChI is InChI=1S/C18H15N3O6S/c1-2-11-10-12(6-8-15(11)21(23)24)19-20-18-14-4-3-5-17(28(25,26)27)13(14)7-9-16(18)22/h3-10,22H,2H2,1H3,(H,25,26,27). The Morgan fingerprint density at radius 1 is 1.07 bits per heavy atom. The molecule has 0 atom stereocenters. The van der Waals surface area contributed by atoms with E-state index in [9.17, 15) is 28.2 Å². The van der Waals surface area contributed by atoms with E-state index < -0.39 is 15.0 Å². The maximum atomic E-state index is 11.6. The largest absolute Gasteiger partial charge is 0.506 e. The molecule has 28 heavy (non-hydrogen) atoms. The molecule has 0 radical (unpaired) electrons. The van der Waals surface area contributed by atoms with Crippen LogP contribution in [0.4, 0.5) is 17.1 Å². The van der Waals surface area contributed by atoms with Crippen molar-refractivity contribution < 1.29 is 23.0 Å². The SMILES string of the molecule is CCc1cc(N=Nc2c(O)ccc3c(S(=O)(=O)O)cccc23)ccc1[N+](=O)[O-]. The number of phenols is 1. The van der Waals surface area contributed by atoms with Crippen molar-refractivity contribution in [2.45, 2.75) is 18.2 Å². The minimum absolute atomic E-state index is 0.0133. The monoisotopic (exact) mass is 401 g/mol. The molecule has 2 N–H and O–H groups in total. The van der Waals surface area contributed by atoms with Crippen LogP contribution in [0.3, 0.4) is 0 Å². The van der Waals surface area contributed by atoms with E-state index in [1.54, 1.807) is 6.92 Å². The van der Waals surface area contributed by atoms with Crippen molar-refractivity contribution >= 4 is 38.0 Å². The highest BCUT2D eigenvalue weighted by Crippen LogP contribution is 2.38. The van der Waals surface area contributed by atoms with Gasteiger partial charge in [0.15, 0.2) is 0 Å². The van der Waals surface area contributed by atoms with E-state index in [1.165, 1.54) is 48.5 Å². The van der Waals surface area contributed by atoms with Crippen LogP contribution < -0.4 is 0 Å². The van der Waals surface area contributed by atoms with Gasteiger partial charge in [-0.1, -0.05) is 19.1 Å². The summed E-state index contributed by atoms with van der Waals surface area (Å²) in [7, 11) is -4.47. The molecule has 9 nitrogen and oxygen atoms in total. The fourth-order valence-corrected chi connectivity index (χ4v) is 3.54. The molecule has 0 aliphatic carbocycles. The maximum Gasteiger partial charge on any atom is 0.295 e. The third-order valence-electron chi connectivity index (χ3n) is 4.16. The lowest BCUT2D eigenvalue weighted by Crippen LogP contribution is -1.98. The molecule has 0 fully saturated rings. The second-order valence-electron chi connectivity index (χ2n) is 5.88. The molecule has 0 aromatic heterocycles. The van der Waals surface area contributed by atoms with Crippen LogP contribution in [0.1, 0.15) is 12.5 Å². The van der Waals surface area contributed by atoms with Crippen molar-refractivity contribution in [2.75, 3.05) is 0 Å². The molecule has 144 valence electrons. The van der Waals surface area contributed by atoms with Crippen LogP contribution in [0.15, 0.2) is 63.7 Å². The maximum absolute atomic E-state index is 11.6. The summed E-state index contributed by atoms with van der Waals surface area (Å²) in [6.45, 7) is 1.77. The first-order valence-electron chi connectivity index (χ1n) is 8.13. The third kappa shape index (κ3) is 3.68. The van der Waals surface area contributed by atoms with Gasteiger partial charge >= 0.3 is 0 Å². The summed E-state index contributed by atoms with van der Waals surface area (Å²) in [6, 6.07) is 11.1. The molecule has 3 aromatic carbocycles. The lowest BCUT2D eigenvalue weighted by atomic mass is 10.1. The number of nitro groups is 1. The molecule has 0 aliphatic heterocycles. The van der Waals surface area contributed by atoms with Crippen LogP contribution in [0.5, 0.6) is 5.75 Å². The number of azo groups is 1. The summed E-state index contributed by atoms with van der Waals surface area (Å²) >= 11 is 0. The van der Waals surface area contributed by atoms with Gasteiger partial charge in [0.05, 0.1) is 10.6 Å². The Bertz CT molecular complexity index is 1220. The van der Waals surface area contributed by atoms with Gasteiger partial charge < -0.3 is 5.11 Å². The molecular weight excluding hydrogens is 386 g/mol. The molecule has 10 heteroatoms. The first-order chi connectivity index (χ1) is 13.2. The molecule has 0 amide bonds. The zero-order chi connectivity index (χ0) is 20.5. The highest BCUT2D eigenvalue weighted by atomic mass is 32.2. The Hall–Kier alpha value is -3.37. The number of nitrogens with zero attached hydrogens (tertiary/aromatic N) is 3. The van der Waals surface area contributed by atoms with Gasteiger partial charge in [-0.05, 0) is 36.8 Å². The average Bonchev–Trinajstić information content (AvgIpc) is 2.65. The van der Waals surface area contributed by atoms with E-state index in [2.05, 4.69) is 10.2 Å². The molecular formula is C18H15N3O6S. The summed E-state index contributed by atoms with van der Waals surface area (Å²) < 4.78 is 32.5. The minimum Gasteiger partial charge on any atom is -0.506 e. The van der Waals surface area contributed by atoms with E-state index in [-0.39, 0.29) is 32.8 Å². The summed E-state index contributed by atoms with van der Waals surface area (Å²) in [5.74, 6) is -0.235. The van der Waals surface area contributed by atoms with Crippen LogP contribution in [-0.2, 0) is 16.5 Å². The van der Waals surface area contributed by atoms with E-state index in [4.69, 9.17) is 0 Å². The molecule has 3 aromatic rings. The summed E-state index contributed by atoms with van der Waals surface area (Å²) in [4.78, 5) is 10.2. The number of fused-ring (bicyclic) bond motifs is 1. The number of nitro benzene ring substituents is 1. The van der Waals surface area contributed by atoms with Crippen LogP contribution in [0.2, 0.25) is 0 Å². The zero-order valence-corrected chi connectivity index (χ0v) is 15.4. The third-order valence-corrected chi connectivity index (χ3v) is 5.07. The predicted octanol–water partition coefficient (Wildman–Crippen LogP) is 4.68. The number of aryl methyl sites for hydroxylation is 1. The normalized spacial score (nSPS) is 11.9. The number of aromatic hydroxyl groups is 1. The predicted molar refractivity (Wildman–Crippen MR) is 102 cm³/mol. The molecule has 0 aliphatic rings. The molecule has 0 bridgehead atoms. The van der Waals surface area contributed by atoms with E-state index in [0.717, 1.165) is 0 Å². The van der Waals surface area contributed by atoms with Crippen LogP contribution in [-0.4, -0.2) is 23.0 Å². The minimum atomic E-state index is -4.47. The fourth-order valence-electron chi connectivity index (χ4n) is 2.83. The molecule has 0 heterocycles.